The quantitative estimate of drug-likeness (QED) is 0.501. The molecule has 0 atom stereocenters. The van der Waals surface area contributed by atoms with Gasteiger partial charge in [-0.2, -0.15) is 9.78 Å². The van der Waals surface area contributed by atoms with Gasteiger partial charge in [-0.3, -0.25) is 4.79 Å². The first-order valence-corrected chi connectivity index (χ1v) is 8.98. The molecule has 0 saturated carbocycles. The maximum Gasteiger partial charge on any atom is 0.341 e. The van der Waals surface area contributed by atoms with Crippen LogP contribution < -0.4 is 10.3 Å². The van der Waals surface area contributed by atoms with Crippen molar-refractivity contribution in [1.29, 1.82) is 0 Å². The van der Waals surface area contributed by atoms with Crippen molar-refractivity contribution in [3.05, 3.63) is 82.4 Å². The van der Waals surface area contributed by atoms with E-state index in [-0.39, 0.29) is 16.8 Å². The Morgan fingerprint density at radius 1 is 0.966 bits per heavy atom. The summed E-state index contributed by atoms with van der Waals surface area (Å²) in [6, 6.07) is 14.8. The van der Waals surface area contributed by atoms with Crippen LogP contribution in [0.3, 0.4) is 0 Å². The highest BCUT2D eigenvalue weighted by molar-refractivity contribution is 5.96. The summed E-state index contributed by atoms with van der Waals surface area (Å²) in [5, 5.41) is 4.45. The van der Waals surface area contributed by atoms with E-state index in [4.69, 9.17) is 9.47 Å². The summed E-state index contributed by atoms with van der Waals surface area (Å²) in [6.07, 6.45) is 3.25. The molecule has 0 bridgehead atoms. The molecule has 0 fully saturated rings. The highest BCUT2D eigenvalue weighted by atomic mass is 16.5. The number of carbonyl (C=O) groups excluding carboxylic acids is 1. The zero-order chi connectivity index (χ0) is 20.5. The van der Waals surface area contributed by atoms with Gasteiger partial charge in [0.25, 0.3) is 5.56 Å². The fraction of sp³-hybridized carbons (Fsp3) is 0.136. The third-order valence-electron chi connectivity index (χ3n) is 4.78. The first kappa shape index (κ1) is 18.5. The van der Waals surface area contributed by atoms with Gasteiger partial charge in [-0.05, 0) is 30.7 Å². The minimum absolute atomic E-state index is 0.195. The highest BCUT2D eigenvalue weighted by Gasteiger charge is 2.26. The Kier molecular flexibility index (Phi) is 4.64. The molecule has 29 heavy (non-hydrogen) atoms. The van der Waals surface area contributed by atoms with Crippen LogP contribution in [0.4, 0.5) is 0 Å². The lowest BCUT2D eigenvalue weighted by Gasteiger charge is -2.14. The molecule has 4 rings (SSSR count). The van der Waals surface area contributed by atoms with E-state index < -0.39 is 5.97 Å². The number of para-hydroxylation sites is 3. The van der Waals surface area contributed by atoms with Crippen LogP contribution in [-0.4, -0.2) is 34.5 Å². The number of rotatable bonds is 4. The van der Waals surface area contributed by atoms with Gasteiger partial charge < -0.3 is 14.0 Å². The summed E-state index contributed by atoms with van der Waals surface area (Å²) < 4.78 is 13.4. The molecule has 2 aliphatic heterocycles. The van der Waals surface area contributed by atoms with Crippen molar-refractivity contribution in [1.82, 2.24) is 14.3 Å². The van der Waals surface area contributed by atoms with Gasteiger partial charge in [0.15, 0.2) is 0 Å². The number of esters is 1. The smallest absolute Gasteiger partial charge is 0.341 e. The van der Waals surface area contributed by atoms with Crippen LogP contribution in [0.2, 0.25) is 0 Å². The standard InChI is InChI=1S/C22H19N3O4/c1-14-8-4-5-9-17(14)25-21(26)15-12-24(18-10-6-7-11-19(18)28-2)13-16(20(15)23-25)22(27)29-3/h4-13H,1-3H3. The van der Waals surface area contributed by atoms with Gasteiger partial charge in [-0.15, -0.1) is 0 Å². The molecule has 0 unspecified atom stereocenters. The molecule has 146 valence electrons. The maximum atomic E-state index is 13.2. The molecule has 0 aromatic heterocycles. The minimum Gasteiger partial charge on any atom is -0.495 e. The Bertz CT molecular complexity index is 1240. The van der Waals surface area contributed by atoms with Gasteiger partial charge in [-0.25, -0.2) is 4.79 Å². The monoisotopic (exact) mass is 389 g/mol. The number of aryl methyl sites for hydroxylation is 1. The second kappa shape index (κ2) is 7.27. The number of pyridine rings is 1. The van der Waals surface area contributed by atoms with Crippen LogP contribution in [0.15, 0.2) is 65.7 Å². The number of benzene rings is 2. The third-order valence-corrected chi connectivity index (χ3v) is 4.78. The average molecular weight is 389 g/mol. The lowest BCUT2D eigenvalue weighted by atomic mass is 10.1. The van der Waals surface area contributed by atoms with Gasteiger partial charge in [0.1, 0.15) is 17.0 Å². The molecule has 0 radical (unpaired) electrons. The van der Waals surface area contributed by atoms with Crippen molar-refractivity contribution in [2.24, 2.45) is 0 Å². The number of ether oxygens (including phenoxy) is 2. The molecule has 2 aromatic rings. The van der Waals surface area contributed by atoms with Crippen LogP contribution in [0.25, 0.3) is 22.6 Å². The van der Waals surface area contributed by atoms with Crippen molar-refractivity contribution >= 4 is 5.97 Å². The molecular weight excluding hydrogens is 370 g/mol. The Balaban J connectivity index is 2.04. The summed E-state index contributed by atoms with van der Waals surface area (Å²) in [7, 11) is 2.86. The fourth-order valence-corrected chi connectivity index (χ4v) is 3.31. The van der Waals surface area contributed by atoms with E-state index in [1.807, 2.05) is 49.4 Å². The number of carbonyl (C=O) groups is 1. The molecule has 0 N–H and O–H groups in total. The van der Waals surface area contributed by atoms with Gasteiger partial charge in [0.05, 0.1) is 31.2 Å². The SMILES string of the molecule is COC(=O)c1cn(-c2ccccc2OC)cc2c(=O)n(-c3ccccc3C)nc1-2. The third kappa shape index (κ3) is 3.06. The van der Waals surface area contributed by atoms with E-state index in [9.17, 15) is 9.59 Å². The molecule has 0 spiro atoms. The highest BCUT2D eigenvalue weighted by Crippen LogP contribution is 2.28. The van der Waals surface area contributed by atoms with E-state index in [1.54, 1.807) is 30.1 Å². The summed E-state index contributed by atoms with van der Waals surface area (Å²) in [5.41, 5.74) is 2.72. The maximum absolute atomic E-state index is 13.2. The zero-order valence-electron chi connectivity index (χ0n) is 16.2. The van der Waals surface area contributed by atoms with E-state index >= 15 is 0 Å². The van der Waals surface area contributed by atoms with E-state index in [0.717, 1.165) is 5.56 Å². The number of hydrogen-bond acceptors (Lipinski definition) is 5. The Hall–Kier alpha value is -3.87. The van der Waals surface area contributed by atoms with Crippen LogP contribution in [0.5, 0.6) is 5.75 Å². The molecule has 7 nitrogen and oxygen atoms in total. The predicted molar refractivity (Wildman–Crippen MR) is 108 cm³/mol. The van der Waals surface area contributed by atoms with E-state index in [0.29, 0.717) is 22.7 Å². The number of nitrogens with zero attached hydrogens (tertiary/aromatic N) is 3. The summed E-state index contributed by atoms with van der Waals surface area (Å²) in [6.45, 7) is 1.90. The molecule has 7 heteroatoms. The van der Waals surface area contributed by atoms with Crippen molar-refractivity contribution < 1.29 is 14.3 Å². The van der Waals surface area contributed by atoms with E-state index in [1.165, 1.54) is 11.8 Å². The molecule has 0 amide bonds. The fourth-order valence-electron chi connectivity index (χ4n) is 3.31. The summed E-state index contributed by atoms with van der Waals surface area (Å²) in [5.74, 6) is 0.0279. The number of hydrogen-bond donors (Lipinski definition) is 0. The number of methoxy groups -OCH3 is 2. The van der Waals surface area contributed by atoms with Gasteiger partial charge in [0.2, 0.25) is 0 Å². The van der Waals surface area contributed by atoms with Gasteiger partial charge in [-0.1, -0.05) is 30.3 Å². The van der Waals surface area contributed by atoms with Crippen LogP contribution in [-0.2, 0) is 4.74 Å². The summed E-state index contributed by atoms with van der Waals surface area (Å²) >= 11 is 0. The first-order valence-electron chi connectivity index (χ1n) is 8.98. The van der Waals surface area contributed by atoms with E-state index in [2.05, 4.69) is 5.10 Å². The molecule has 2 aliphatic rings. The molecule has 0 aliphatic carbocycles. The second-order valence-corrected chi connectivity index (χ2v) is 6.51. The summed E-state index contributed by atoms with van der Waals surface area (Å²) in [4.78, 5) is 25.7. The van der Waals surface area contributed by atoms with Crippen molar-refractivity contribution in [3.8, 4) is 28.4 Å². The van der Waals surface area contributed by atoms with Crippen LogP contribution in [0, 0.1) is 6.92 Å². The van der Waals surface area contributed by atoms with Crippen molar-refractivity contribution in [3.63, 3.8) is 0 Å². The Labute approximate surface area is 167 Å². The van der Waals surface area contributed by atoms with Gasteiger partial charge in [0, 0.05) is 12.4 Å². The Morgan fingerprint density at radius 2 is 1.66 bits per heavy atom. The normalized spacial score (nSPS) is 10.9. The van der Waals surface area contributed by atoms with Gasteiger partial charge >= 0.3 is 5.97 Å². The minimum atomic E-state index is -0.575. The average Bonchev–Trinajstić information content (AvgIpc) is 3.09. The molecular formula is C22H19N3O4. The molecule has 2 aromatic carbocycles. The van der Waals surface area contributed by atoms with Crippen LogP contribution >= 0.6 is 0 Å². The van der Waals surface area contributed by atoms with Crippen molar-refractivity contribution in [2.75, 3.05) is 14.2 Å². The first-order chi connectivity index (χ1) is 14.0. The predicted octanol–water partition coefficient (Wildman–Crippen LogP) is 3.23. The molecule has 2 heterocycles. The van der Waals surface area contributed by atoms with Crippen molar-refractivity contribution in [2.45, 2.75) is 6.92 Å². The lowest BCUT2D eigenvalue weighted by Crippen LogP contribution is -2.16. The molecule has 0 saturated heterocycles. The zero-order valence-corrected chi connectivity index (χ0v) is 16.2. The second-order valence-electron chi connectivity index (χ2n) is 6.51. The largest absolute Gasteiger partial charge is 0.495 e. The lowest BCUT2D eigenvalue weighted by molar-refractivity contribution is 0.0600. The number of fused-ring (bicyclic) bond motifs is 1. The number of aromatic nitrogens is 3. The topological polar surface area (TPSA) is 75.3 Å². The van der Waals surface area contributed by atoms with Crippen LogP contribution in [0.1, 0.15) is 15.9 Å². The Morgan fingerprint density at radius 3 is 2.34 bits per heavy atom.